The molecular weight excluding hydrogens is 383 g/mol. The second-order valence-electron chi connectivity index (χ2n) is 5.99. The predicted molar refractivity (Wildman–Crippen MR) is 104 cm³/mol. The van der Waals surface area contributed by atoms with Gasteiger partial charge in [0, 0.05) is 24.8 Å². The summed E-state index contributed by atoms with van der Waals surface area (Å²) in [4.78, 5) is 13.8. The Morgan fingerprint density at radius 1 is 1.12 bits per heavy atom. The lowest BCUT2D eigenvalue weighted by atomic mass is 10.1. The van der Waals surface area contributed by atoms with Crippen molar-refractivity contribution < 1.29 is 13.6 Å². The van der Waals surface area contributed by atoms with Crippen molar-refractivity contribution in [3.05, 3.63) is 59.7 Å². The van der Waals surface area contributed by atoms with Gasteiger partial charge < -0.3 is 16.0 Å². The number of nitrogen functional groups attached to an aromatic ring is 1. The number of halogens is 4. The highest BCUT2D eigenvalue weighted by Gasteiger charge is 2.27. The summed E-state index contributed by atoms with van der Waals surface area (Å²) < 4.78 is 27.7. The Morgan fingerprint density at radius 2 is 1.73 bits per heavy atom. The van der Waals surface area contributed by atoms with Crippen LogP contribution in [0.1, 0.15) is 12.0 Å². The largest absolute Gasteiger partial charge is 0.399 e. The fourth-order valence-corrected chi connectivity index (χ4v) is 2.97. The molecule has 0 radical (unpaired) electrons. The zero-order valence-electron chi connectivity index (χ0n) is 14.0. The molecule has 2 aromatic carbocycles. The number of rotatable bonds is 4. The molecule has 3 N–H and O–H groups in total. The van der Waals surface area contributed by atoms with Gasteiger partial charge >= 0.3 is 0 Å². The van der Waals surface area contributed by atoms with Crippen LogP contribution < -0.4 is 16.0 Å². The molecule has 0 saturated carbocycles. The number of carbonyl (C=O) groups is 1. The van der Waals surface area contributed by atoms with E-state index in [0.29, 0.717) is 25.2 Å². The van der Waals surface area contributed by atoms with Crippen molar-refractivity contribution in [2.45, 2.75) is 18.9 Å². The van der Waals surface area contributed by atoms with E-state index in [1.807, 2.05) is 12.1 Å². The maximum absolute atomic E-state index is 13.8. The van der Waals surface area contributed by atoms with Crippen LogP contribution in [0.4, 0.5) is 20.2 Å². The van der Waals surface area contributed by atoms with Crippen LogP contribution in [0.15, 0.2) is 42.5 Å². The first kappa shape index (κ1) is 22.0. The third kappa shape index (κ3) is 5.22. The van der Waals surface area contributed by atoms with Gasteiger partial charge in [-0.2, -0.15) is 0 Å². The molecule has 0 aliphatic carbocycles. The maximum Gasteiger partial charge on any atom is 0.224 e. The molecule has 1 aliphatic heterocycles. The van der Waals surface area contributed by atoms with Crippen LogP contribution in [0.3, 0.4) is 0 Å². The zero-order chi connectivity index (χ0) is 17.1. The topological polar surface area (TPSA) is 58.4 Å². The molecule has 0 bridgehead atoms. The van der Waals surface area contributed by atoms with Crippen molar-refractivity contribution in [3.63, 3.8) is 0 Å². The molecule has 1 unspecified atom stereocenters. The Balaban J connectivity index is 0.00000169. The van der Waals surface area contributed by atoms with Gasteiger partial charge in [-0.05, 0) is 36.2 Å². The molecule has 8 heteroatoms. The number of amides is 1. The highest BCUT2D eigenvalue weighted by molar-refractivity contribution is 5.85. The molecule has 1 atom stereocenters. The Hall–Kier alpha value is -2.05. The van der Waals surface area contributed by atoms with Crippen LogP contribution in [0.25, 0.3) is 0 Å². The van der Waals surface area contributed by atoms with E-state index in [0.717, 1.165) is 5.56 Å². The molecule has 0 aromatic heterocycles. The van der Waals surface area contributed by atoms with E-state index < -0.39 is 11.6 Å². The summed E-state index contributed by atoms with van der Waals surface area (Å²) >= 11 is 0. The fourth-order valence-electron chi connectivity index (χ4n) is 2.97. The normalized spacial score (nSPS) is 15.8. The average molecular weight is 404 g/mol. The Bertz CT molecular complexity index is 723. The van der Waals surface area contributed by atoms with Gasteiger partial charge in [0.25, 0.3) is 0 Å². The number of nitrogens with one attached hydrogen (secondary N) is 1. The van der Waals surface area contributed by atoms with Gasteiger partial charge in [-0.3, -0.25) is 4.79 Å². The molecule has 0 spiro atoms. The van der Waals surface area contributed by atoms with Crippen LogP contribution in [0.5, 0.6) is 0 Å². The number of hydrogen-bond acceptors (Lipinski definition) is 3. The van der Waals surface area contributed by atoms with Gasteiger partial charge in [-0.25, -0.2) is 8.78 Å². The number of benzene rings is 2. The number of anilines is 2. The van der Waals surface area contributed by atoms with Crippen LogP contribution >= 0.6 is 24.8 Å². The second kappa shape index (κ2) is 9.59. The van der Waals surface area contributed by atoms with E-state index in [2.05, 4.69) is 5.32 Å². The molecule has 142 valence electrons. The quantitative estimate of drug-likeness (QED) is 0.769. The van der Waals surface area contributed by atoms with Gasteiger partial charge in [-0.15, -0.1) is 24.8 Å². The fraction of sp³-hybridized carbons (Fsp3) is 0.278. The smallest absolute Gasteiger partial charge is 0.224 e. The number of para-hydroxylation sites is 1. The van der Waals surface area contributed by atoms with Gasteiger partial charge in [-0.1, -0.05) is 18.2 Å². The van der Waals surface area contributed by atoms with E-state index in [9.17, 15) is 13.6 Å². The van der Waals surface area contributed by atoms with Gasteiger partial charge in [0.15, 0.2) is 0 Å². The van der Waals surface area contributed by atoms with Crippen molar-refractivity contribution in [3.8, 4) is 0 Å². The summed E-state index contributed by atoms with van der Waals surface area (Å²) in [7, 11) is 0. The maximum atomic E-state index is 13.8. The number of hydrogen-bond donors (Lipinski definition) is 2. The zero-order valence-corrected chi connectivity index (χ0v) is 15.6. The summed E-state index contributed by atoms with van der Waals surface area (Å²) in [5, 5.41) is 2.92. The standard InChI is InChI=1S/C18H19F2N3O.2ClH/c19-15-2-1-3-16(20)18(15)23-9-8-14(11-23)22-17(24)10-12-4-6-13(21)7-5-12;;/h1-7,14H,8-11,21H2,(H,22,24);2*1H. The summed E-state index contributed by atoms with van der Waals surface area (Å²) in [5.41, 5.74) is 7.12. The molecule has 3 rings (SSSR count). The number of nitrogens with zero attached hydrogens (tertiary/aromatic N) is 1. The van der Waals surface area contributed by atoms with Gasteiger partial charge in [0.1, 0.15) is 17.3 Å². The van der Waals surface area contributed by atoms with Gasteiger partial charge in [0.2, 0.25) is 5.91 Å². The lowest BCUT2D eigenvalue weighted by Gasteiger charge is -2.20. The molecule has 1 amide bonds. The van der Waals surface area contributed by atoms with E-state index in [4.69, 9.17) is 5.73 Å². The Labute approximate surface area is 163 Å². The van der Waals surface area contributed by atoms with E-state index in [-0.39, 0.29) is 48.9 Å². The first-order valence-electron chi connectivity index (χ1n) is 7.85. The molecule has 1 heterocycles. The number of carbonyl (C=O) groups excluding carboxylic acids is 1. The third-order valence-electron chi connectivity index (χ3n) is 4.15. The first-order chi connectivity index (χ1) is 11.5. The molecular formula is C18H21Cl2F2N3O. The average Bonchev–Trinajstić information content (AvgIpc) is 2.97. The molecule has 1 aliphatic rings. The van der Waals surface area contributed by atoms with Crippen molar-refractivity contribution in [1.82, 2.24) is 5.32 Å². The van der Waals surface area contributed by atoms with Crippen LogP contribution in [-0.2, 0) is 11.2 Å². The van der Waals surface area contributed by atoms with E-state index in [1.54, 1.807) is 17.0 Å². The third-order valence-corrected chi connectivity index (χ3v) is 4.15. The first-order valence-corrected chi connectivity index (χ1v) is 7.85. The van der Waals surface area contributed by atoms with E-state index >= 15 is 0 Å². The lowest BCUT2D eigenvalue weighted by Crippen LogP contribution is -2.38. The SMILES string of the molecule is Cl.Cl.Nc1ccc(CC(=O)NC2CCN(c3c(F)cccc3F)C2)cc1. The highest BCUT2D eigenvalue weighted by atomic mass is 35.5. The Kier molecular flexibility index (Phi) is 8.11. The molecule has 2 aromatic rings. The predicted octanol–water partition coefficient (Wildman–Crippen LogP) is 3.33. The number of nitrogens with two attached hydrogens (primary N) is 1. The lowest BCUT2D eigenvalue weighted by molar-refractivity contribution is -0.121. The summed E-state index contributed by atoms with van der Waals surface area (Å²) in [6.07, 6.45) is 0.909. The van der Waals surface area contributed by atoms with Crippen molar-refractivity contribution >= 4 is 42.1 Å². The highest BCUT2D eigenvalue weighted by Crippen LogP contribution is 2.26. The van der Waals surface area contributed by atoms with Gasteiger partial charge in [0.05, 0.1) is 6.42 Å². The molecule has 26 heavy (non-hydrogen) atoms. The minimum Gasteiger partial charge on any atom is -0.399 e. The molecule has 1 saturated heterocycles. The van der Waals surface area contributed by atoms with Crippen molar-refractivity contribution in [2.24, 2.45) is 0 Å². The summed E-state index contributed by atoms with van der Waals surface area (Å²) in [6.45, 7) is 0.899. The minimum absolute atomic E-state index is 0. The summed E-state index contributed by atoms with van der Waals surface area (Å²) in [6, 6.07) is 10.8. The van der Waals surface area contributed by atoms with Crippen LogP contribution in [0.2, 0.25) is 0 Å². The summed E-state index contributed by atoms with van der Waals surface area (Å²) in [5.74, 6) is -1.27. The Morgan fingerprint density at radius 3 is 2.35 bits per heavy atom. The monoisotopic (exact) mass is 403 g/mol. The second-order valence-corrected chi connectivity index (χ2v) is 5.99. The van der Waals surface area contributed by atoms with Crippen molar-refractivity contribution in [2.75, 3.05) is 23.7 Å². The van der Waals surface area contributed by atoms with Crippen LogP contribution in [-0.4, -0.2) is 25.0 Å². The molecule has 4 nitrogen and oxygen atoms in total. The minimum atomic E-state index is -0.580. The van der Waals surface area contributed by atoms with E-state index in [1.165, 1.54) is 18.2 Å². The van der Waals surface area contributed by atoms with Crippen molar-refractivity contribution in [1.29, 1.82) is 0 Å². The van der Waals surface area contributed by atoms with Crippen LogP contribution in [0, 0.1) is 11.6 Å². The molecule has 1 fully saturated rings.